The number of aliphatic hydroxyl groups is 1. The molecular weight excluding hydrogens is 226 g/mol. The summed E-state index contributed by atoms with van der Waals surface area (Å²) in [4.78, 5) is 0. The normalized spacial score (nSPS) is 32.3. The van der Waals surface area contributed by atoms with Crippen LogP contribution in [0.3, 0.4) is 0 Å². The van der Waals surface area contributed by atoms with E-state index < -0.39 is 0 Å². The Morgan fingerprint density at radius 3 is 2.50 bits per heavy atom. The second kappa shape index (κ2) is 6.88. The summed E-state index contributed by atoms with van der Waals surface area (Å²) in [7, 11) is 1.83. The van der Waals surface area contributed by atoms with Gasteiger partial charge in [0.25, 0.3) is 0 Å². The molecule has 0 radical (unpaired) electrons. The summed E-state index contributed by atoms with van der Waals surface area (Å²) in [6, 6.07) is 0.495. The van der Waals surface area contributed by atoms with E-state index in [1.165, 1.54) is 57.8 Å². The van der Waals surface area contributed by atoms with Crippen molar-refractivity contribution < 1.29 is 9.84 Å². The van der Waals surface area contributed by atoms with Gasteiger partial charge in [0.2, 0.25) is 0 Å². The molecule has 106 valence electrons. The minimum absolute atomic E-state index is 0.147. The van der Waals surface area contributed by atoms with Crippen LogP contribution in [0.15, 0.2) is 0 Å². The molecule has 2 atom stereocenters. The predicted octanol–water partition coefficient (Wildman–Crippen LogP) is 2.48. The molecule has 0 spiro atoms. The van der Waals surface area contributed by atoms with Crippen molar-refractivity contribution >= 4 is 0 Å². The zero-order chi connectivity index (χ0) is 12.8. The number of methoxy groups -OCH3 is 1. The molecule has 2 rings (SSSR count). The van der Waals surface area contributed by atoms with Crippen LogP contribution in [0.2, 0.25) is 0 Å². The third-order valence-corrected chi connectivity index (χ3v) is 4.99. The summed E-state index contributed by atoms with van der Waals surface area (Å²) in [5, 5.41) is 13.4. The van der Waals surface area contributed by atoms with Crippen molar-refractivity contribution in [3.63, 3.8) is 0 Å². The Balaban J connectivity index is 1.84. The molecule has 2 fully saturated rings. The van der Waals surface area contributed by atoms with Crippen LogP contribution in [0.4, 0.5) is 0 Å². The maximum atomic E-state index is 9.72. The molecule has 0 aromatic carbocycles. The van der Waals surface area contributed by atoms with Gasteiger partial charge in [-0.2, -0.15) is 0 Å². The van der Waals surface area contributed by atoms with Gasteiger partial charge in [0.15, 0.2) is 0 Å². The Kier molecular flexibility index (Phi) is 5.46. The smallest absolute Gasteiger partial charge is 0.0724 e. The largest absolute Gasteiger partial charge is 0.396 e. The summed E-state index contributed by atoms with van der Waals surface area (Å²) in [5.41, 5.74) is 0.147. The first kappa shape index (κ1) is 14.3. The molecule has 3 heteroatoms. The first-order chi connectivity index (χ1) is 8.79. The van der Waals surface area contributed by atoms with Gasteiger partial charge in [0.1, 0.15) is 0 Å². The van der Waals surface area contributed by atoms with E-state index in [0.717, 1.165) is 6.54 Å². The summed E-state index contributed by atoms with van der Waals surface area (Å²) >= 11 is 0. The summed E-state index contributed by atoms with van der Waals surface area (Å²) in [5.74, 6) is 0. The standard InChI is InChI=1S/C15H29NO2/c1-18-14-8-4-3-7-13(14)16-11-15(12-17)9-5-2-6-10-15/h13-14,16-17H,2-12H2,1H3. The van der Waals surface area contributed by atoms with E-state index in [0.29, 0.717) is 18.8 Å². The lowest BCUT2D eigenvalue weighted by Crippen LogP contribution is -2.49. The van der Waals surface area contributed by atoms with Gasteiger partial charge in [-0.25, -0.2) is 0 Å². The molecule has 2 aliphatic carbocycles. The molecule has 0 bridgehead atoms. The van der Waals surface area contributed by atoms with E-state index in [1.807, 2.05) is 7.11 Å². The number of aliphatic hydroxyl groups excluding tert-OH is 1. The third-order valence-electron chi connectivity index (χ3n) is 4.99. The fourth-order valence-corrected chi connectivity index (χ4v) is 3.65. The topological polar surface area (TPSA) is 41.5 Å². The van der Waals surface area contributed by atoms with Crippen LogP contribution in [0.1, 0.15) is 57.8 Å². The highest BCUT2D eigenvalue weighted by atomic mass is 16.5. The van der Waals surface area contributed by atoms with E-state index in [9.17, 15) is 5.11 Å². The van der Waals surface area contributed by atoms with Crippen molar-refractivity contribution in [3.8, 4) is 0 Å². The van der Waals surface area contributed by atoms with Crippen LogP contribution in [-0.4, -0.2) is 37.5 Å². The molecule has 18 heavy (non-hydrogen) atoms. The van der Waals surface area contributed by atoms with Gasteiger partial charge in [-0.1, -0.05) is 32.1 Å². The van der Waals surface area contributed by atoms with Crippen molar-refractivity contribution in [2.75, 3.05) is 20.3 Å². The zero-order valence-corrected chi connectivity index (χ0v) is 11.8. The van der Waals surface area contributed by atoms with Crippen molar-refractivity contribution in [1.82, 2.24) is 5.32 Å². The molecule has 2 N–H and O–H groups in total. The van der Waals surface area contributed by atoms with Gasteiger partial charge in [-0.15, -0.1) is 0 Å². The zero-order valence-electron chi connectivity index (χ0n) is 11.8. The van der Waals surface area contributed by atoms with Crippen LogP contribution in [0.25, 0.3) is 0 Å². The molecule has 0 amide bonds. The van der Waals surface area contributed by atoms with Crippen LogP contribution in [-0.2, 0) is 4.74 Å². The van der Waals surface area contributed by atoms with Gasteiger partial charge >= 0.3 is 0 Å². The van der Waals surface area contributed by atoms with Crippen molar-refractivity contribution in [1.29, 1.82) is 0 Å². The second-order valence-electron chi connectivity index (χ2n) is 6.26. The molecule has 0 saturated heterocycles. The predicted molar refractivity (Wildman–Crippen MR) is 73.7 cm³/mol. The first-order valence-corrected chi connectivity index (χ1v) is 7.67. The minimum atomic E-state index is 0.147. The average Bonchev–Trinajstić information content (AvgIpc) is 2.46. The quantitative estimate of drug-likeness (QED) is 0.793. The van der Waals surface area contributed by atoms with Crippen molar-refractivity contribution in [2.24, 2.45) is 5.41 Å². The van der Waals surface area contributed by atoms with Gasteiger partial charge in [-0.05, 0) is 25.7 Å². The molecule has 2 aliphatic rings. The Bertz CT molecular complexity index is 239. The molecule has 0 aromatic heterocycles. The number of hydrogen-bond acceptors (Lipinski definition) is 3. The summed E-state index contributed by atoms with van der Waals surface area (Å²) in [6.07, 6.45) is 11.6. The Morgan fingerprint density at radius 2 is 1.83 bits per heavy atom. The van der Waals surface area contributed by atoms with E-state index in [-0.39, 0.29) is 5.41 Å². The molecule has 3 nitrogen and oxygen atoms in total. The fraction of sp³-hybridized carbons (Fsp3) is 1.00. The van der Waals surface area contributed by atoms with E-state index >= 15 is 0 Å². The maximum Gasteiger partial charge on any atom is 0.0724 e. The van der Waals surface area contributed by atoms with Gasteiger partial charge in [-0.3, -0.25) is 0 Å². The highest BCUT2D eigenvalue weighted by molar-refractivity contribution is 4.88. The highest BCUT2D eigenvalue weighted by Crippen LogP contribution is 2.35. The summed E-state index contributed by atoms with van der Waals surface area (Å²) in [6.45, 7) is 1.30. The minimum Gasteiger partial charge on any atom is -0.396 e. The molecule has 0 heterocycles. The monoisotopic (exact) mass is 255 g/mol. The van der Waals surface area contributed by atoms with Crippen LogP contribution in [0, 0.1) is 5.41 Å². The lowest BCUT2D eigenvalue weighted by atomic mass is 9.74. The van der Waals surface area contributed by atoms with Gasteiger partial charge in [0, 0.05) is 31.7 Å². The molecule has 0 aliphatic heterocycles. The average molecular weight is 255 g/mol. The summed E-state index contributed by atoms with van der Waals surface area (Å²) < 4.78 is 5.59. The number of nitrogens with one attached hydrogen (secondary N) is 1. The lowest BCUT2D eigenvalue weighted by molar-refractivity contribution is 0.0258. The maximum absolute atomic E-state index is 9.72. The SMILES string of the molecule is COC1CCCCC1NCC1(CO)CCCCC1. The third kappa shape index (κ3) is 3.46. The van der Waals surface area contributed by atoms with E-state index in [2.05, 4.69) is 5.32 Å². The van der Waals surface area contributed by atoms with E-state index in [1.54, 1.807) is 0 Å². The number of rotatable bonds is 5. The Hall–Kier alpha value is -0.120. The van der Waals surface area contributed by atoms with Crippen molar-refractivity contribution in [3.05, 3.63) is 0 Å². The van der Waals surface area contributed by atoms with Gasteiger partial charge in [0.05, 0.1) is 6.10 Å². The Morgan fingerprint density at radius 1 is 1.11 bits per heavy atom. The fourth-order valence-electron chi connectivity index (χ4n) is 3.65. The second-order valence-corrected chi connectivity index (χ2v) is 6.26. The van der Waals surface area contributed by atoms with Crippen LogP contribution >= 0.6 is 0 Å². The highest BCUT2D eigenvalue weighted by Gasteiger charge is 2.33. The van der Waals surface area contributed by atoms with Crippen molar-refractivity contribution in [2.45, 2.75) is 69.9 Å². The molecule has 0 aromatic rings. The molecular formula is C15H29NO2. The molecule has 2 saturated carbocycles. The molecule has 2 unspecified atom stereocenters. The van der Waals surface area contributed by atoms with Crippen LogP contribution < -0.4 is 5.32 Å². The van der Waals surface area contributed by atoms with E-state index in [4.69, 9.17) is 4.74 Å². The number of ether oxygens (including phenoxy) is 1. The van der Waals surface area contributed by atoms with Gasteiger partial charge < -0.3 is 15.2 Å². The first-order valence-electron chi connectivity index (χ1n) is 7.67. The number of hydrogen-bond donors (Lipinski definition) is 2. The Labute approximate surface area is 111 Å². The van der Waals surface area contributed by atoms with Crippen LogP contribution in [0.5, 0.6) is 0 Å². The lowest BCUT2D eigenvalue weighted by Gasteiger charge is -2.39.